The second kappa shape index (κ2) is 12.6. The lowest BCUT2D eigenvalue weighted by atomic mass is 9.92. The SMILES string of the molecule is C=CCN(C)CCCCCO[C@H]1CC[C@H](N(C)C(=O)Nc2ccc(F)cc2)CC1. The van der Waals surface area contributed by atoms with Crippen LogP contribution in [0.25, 0.3) is 0 Å². The van der Waals surface area contributed by atoms with Crippen LogP contribution in [0.1, 0.15) is 44.9 Å². The molecule has 0 spiro atoms. The van der Waals surface area contributed by atoms with E-state index in [9.17, 15) is 9.18 Å². The van der Waals surface area contributed by atoms with Gasteiger partial charge in [-0.15, -0.1) is 6.58 Å². The molecule has 0 radical (unpaired) electrons. The average molecular weight is 406 g/mol. The van der Waals surface area contributed by atoms with E-state index in [-0.39, 0.29) is 17.9 Å². The van der Waals surface area contributed by atoms with Crippen molar-refractivity contribution >= 4 is 11.7 Å². The molecule has 1 aromatic rings. The molecule has 162 valence electrons. The number of hydrogen-bond acceptors (Lipinski definition) is 3. The highest BCUT2D eigenvalue weighted by molar-refractivity contribution is 5.89. The predicted molar refractivity (Wildman–Crippen MR) is 117 cm³/mol. The van der Waals surface area contributed by atoms with Crippen LogP contribution < -0.4 is 5.32 Å². The summed E-state index contributed by atoms with van der Waals surface area (Å²) >= 11 is 0. The van der Waals surface area contributed by atoms with Crippen LogP contribution in [0.5, 0.6) is 0 Å². The van der Waals surface area contributed by atoms with Gasteiger partial charge in [0.05, 0.1) is 6.10 Å². The molecule has 1 aliphatic carbocycles. The van der Waals surface area contributed by atoms with Gasteiger partial charge >= 0.3 is 6.03 Å². The molecule has 0 unspecified atom stereocenters. The molecule has 1 saturated carbocycles. The minimum Gasteiger partial charge on any atom is -0.378 e. The van der Waals surface area contributed by atoms with Gasteiger partial charge in [0.25, 0.3) is 0 Å². The fraction of sp³-hybridized carbons (Fsp3) is 0.609. The second-order valence-electron chi connectivity index (χ2n) is 7.96. The van der Waals surface area contributed by atoms with Gasteiger partial charge in [-0.2, -0.15) is 0 Å². The van der Waals surface area contributed by atoms with Crippen LogP contribution in [-0.2, 0) is 4.74 Å². The number of nitrogens with one attached hydrogen (secondary N) is 1. The Kier molecular flexibility index (Phi) is 10.2. The highest BCUT2D eigenvalue weighted by Crippen LogP contribution is 2.25. The number of nitrogens with zero attached hydrogens (tertiary/aromatic N) is 2. The van der Waals surface area contributed by atoms with Crippen LogP contribution in [0.2, 0.25) is 0 Å². The van der Waals surface area contributed by atoms with Gasteiger partial charge in [-0.05, 0) is 82.8 Å². The molecule has 0 aliphatic heterocycles. The van der Waals surface area contributed by atoms with Crippen LogP contribution in [0.3, 0.4) is 0 Å². The van der Waals surface area contributed by atoms with E-state index in [1.54, 1.807) is 17.0 Å². The largest absolute Gasteiger partial charge is 0.378 e. The van der Waals surface area contributed by atoms with Gasteiger partial charge in [0.1, 0.15) is 5.82 Å². The summed E-state index contributed by atoms with van der Waals surface area (Å²) in [6, 6.07) is 5.90. The summed E-state index contributed by atoms with van der Waals surface area (Å²) in [4.78, 5) is 16.5. The molecular weight excluding hydrogens is 369 g/mol. The zero-order chi connectivity index (χ0) is 21.1. The average Bonchev–Trinajstić information content (AvgIpc) is 2.72. The molecule has 2 rings (SSSR count). The number of urea groups is 1. The number of carbonyl (C=O) groups excluding carboxylic acids is 1. The molecule has 1 N–H and O–H groups in total. The van der Waals surface area contributed by atoms with Crippen LogP contribution in [0, 0.1) is 5.82 Å². The number of benzene rings is 1. The predicted octanol–water partition coefficient (Wildman–Crippen LogP) is 4.91. The first-order valence-electron chi connectivity index (χ1n) is 10.7. The lowest BCUT2D eigenvalue weighted by Gasteiger charge is -2.34. The Labute approximate surface area is 174 Å². The van der Waals surface area contributed by atoms with Crippen LogP contribution >= 0.6 is 0 Å². The van der Waals surface area contributed by atoms with E-state index in [1.807, 2.05) is 13.1 Å². The number of carbonyl (C=O) groups is 1. The maximum absolute atomic E-state index is 13.0. The Balaban J connectivity index is 1.58. The molecule has 6 heteroatoms. The zero-order valence-electron chi connectivity index (χ0n) is 17.9. The van der Waals surface area contributed by atoms with Gasteiger partial charge in [0.2, 0.25) is 0 Å². The molecule has 0 atom stereocenters. The summed E-state index contributed by atoms with van der Waals surface area (Å²) in [5, 5.41) is 2.83. The summed E-state index contributed by atoms with van der Waals surface area (Å²) in [5.41, 5.74) is 0.607. The number of amides is 2. The molecular formula is C23H36FN3O2. The van der Waals surface area contributed by atoms with Gasteiger partial charge in [0.15, 0.2) is 0 Å². The molecule has 0 saturated heterocycles. The molecule has 0 aromatic heterocycles. The minimum absolute atomic E-state index is 0.151. The molecule has 1 aromatic carbocycles. The lowest BCUT2D eigenvalue weighted by Crippen LogP contribution is -2.42. The Bertz CT molecular complexity index is 615. The molecule has 5 nitrogen and oxygen atoms in total. The van der Waals surface area contributed by atoms with Crippen LogP contribution in [-0.4, -0.2) is 61.8 Å². The molecule has 0 heterocycles. The smallest absolute Gasteiger partial charge is 0.321 e. The van der Waals surface area contributed by atoms with E-state index in [1.165, 1.54) is 25.0 Å². The van der Waals surface area contributed by atoms with Gasteiger partial charge in [-0.3, -0.25) is 0 Å². The van der Waals surface area contributed by atoms with E-state index in [2.05, 4.69) is 23.8 Å². The number of likely N-dealkylation sites (N-methyl/N-ethyl adjacent to an activating group) is 1. The summed E-state index contributed by atoms with van der Waals surface area (Å²) in [6.07, 6.45) is 9.59. The van der Waals surface area contributed by atoms with Crippen molar-refractivity contribution in [1.29, 1.82) is 0 Å². The fourth-order valence-corrected chi connectivity index (χ4v) is 3.73. The Hall–Kier alpha value is -1.92. The van der Waals surface area contributed by atoms with Gasteiger partial charge in [-0.1, -0.05) is 6.08 Å². The van der Waals surface area contributed by atoms with E-state index in [0.717, 1.165) is 51.8 Å². The third-order valence-corrected chi connectivity index (χ3v) is 5.59. The topological polar surface area (TPSA) is 44.8 Å². The second-order valence-corrected chi connectivity index (χ2v) is 7.96. The lowest BCUT2D eigenvalue weighted by molar-refractivity contribution is 0.0130. The minimum atomic E-state index is -0.310. The first-order chi connectivity index (χ1) is 14.0. The Morgan fingerprint density at radius 2 is 1.86 bits per heavy atom. The van der Waals surface area contributed by atoms with E-state index in [0.29, 0.717) is 11.8 Å². The van der Waals surface area contributed by atoms with Gasteiger partial charge in [-0.25, -0.2) is 9.18 Å². The third-order valence-electron chi connectivity index (χ3n) is 5.59. The summed E-state index contributed by atoms with van der Waals surface area (Å²) in [5.74, 6) is -0.310. The molecule has 1 fully saturated rings. The van der Waals surface area contributed by atoms with Crippen molar-refractivity contribution in [1.82, 2.24) is 9.80 Å². The number of rotatable bonds is 11. The fourth-order valence-electron chi connectivity index (χ4n) is 3.73. The number of ether oxygens (including phenoxy) is 1. The summed E-state index contributed by atoms with van der Waals surface area (Å²) in [7, 11) is 3.95. The van der Waals surface area contributed by atoms with E-state index in [4.69, 9.17) is 4.74 Å². The molecule has 2 amide bonds. The highest BCUT2D eigenvalue weighted by Gasteiger charge is 2.27. The van der Waals surface area contributed by atoms with Crippen molar-refractivity contribution in [3.05, 3.63) is 42.7 Å². The van der Waals surface area contributed by atoms with Crippen molar-refractivity contribution in [2.24, 2.45) is 0 Å². The summed E-state index contributed by atoms with van der Waals surface area (Å²) < 4.78 is 19.0. The molecule has 1 aliphatic rings. The van der Waals surface area contributed by atoms with Gasteiger partial charge in [0, 0.05) is 31.9 Å². The van der Waals surface area contributed by atoms with Crippen molar-refractivity contribution in [3.63, 3.8) is 0 Å². The third kappa shape index (κ3) is 8.54. The number of halogens is 1. The molecule has 29 heavy (non-hydrogen) atoms. The quantitative estimate of drug-likeness (QED) is 0.420. The Morgan fingerprint density at radius 1 is 1.17 bits per heavy atom. The normalized spacial score (nSPS) is 19.2. The van der Waals surface area contributed by atoms with Crippen molar-refractivity contribution < 1.29 is 13.9 Å². The van der Waals surface area contributed by atoms with Crippen molar-refractivity contribution in [2.45, 2.75) is 57.1 Å². The van der Waals surface area contributed by atoms with E-state index >= 15 is 0 Å². The Morgan fingerprint density at radius 3 is 2.52 bits per heavy atom. The first kappa shape index (κ1) is 23.4. The highest BCUT2D eigenvalue weighted by atomic mass is 19.1. The first-order valence-corrected chi connectivity index (χ1v) is 10.7. The summed E-state index contributed by atoms with van der Waals surface area (Å²) in [6.45, 7) is 6.62. The zero-order valence-corrected chi connectivity index (χ0v) is 17.9. The standard InChI is InChI=1S/C23H36FN3O2/c1-4-16-26(2)17-6-5-7-18-29-22-14-12-21(13-15-22)27(3)23(28)25-20-10-8-19(24)9-11-20/h4,8-11,21-22H,1,5-7,12-18H2,2-3H3,(H,25,28)/t21-,22-. The number of anilines is 1. The maximum atomic E-state index is 13.0. The van der Waals surface area contributed by atoms with Crippen LogP contribution in [0.4, 0.5) is 14.9 Å². The maximum Gasteiger partial charge on any atom is 0.321 e. The van der Waals surface area contributed by atoms with E-state index < -0.39 is 0 Å². The van der Waals surface area contributed by atoms with Gasteiger partial charge < -0.3 is 19.9 Å². The number of hydrogen-bond donors (Lipinski definition) is 1. The van der Waals surface area contributed by atoms with Crippen LogP contribution in [0.15, 0.2) is 36.9 Å². The van der Waals surface area contributed by atoms with Crippen molar-refractivity contribution in [2.75, 3.05) is 39.1 Å². The van der Waals surface area contributed by atoms with Crippen molar-refractivity contribution in [3.8, 4) is 0 Å². The monoisotopic (exact) mass is 405 g/mol. The molecule has 0 bridgehead atoms. The number of unbranched alkanes of at least 4 members (excludes halogenated alkanes) is 2.